The molecular weight excluding hydrogens is 358 g/mol. The summed E-state index contributed by atoms with van der Waals surface area (Å²) >= 11 is 0. The summed E-state index contributed by atoms with van der Waals surface area (Å²) in [6.45, 7) is 1.77. The zero-order valence-electron chi connectivity index (χ0n) is 15.2. The lowest BCUT2D eigenvalue weighted by Gasteiger charge is -2.16. The van der Waals surface area contributed by atoms with E-state index >= 15 is 0 Å². The van der Waals surface area contributed by atoms with Crippen molar-refractivity contribution in [2.75, 3.05) is 0 Å². The van der Waals surface area contributed by atoms with E-state index in [1.165, 1.54) is 10.9 Å². The fraction of sp³-hybridized carbons (Fsp3) is 0.200. The van der Waals surface area contributed by atoms with E-state index in [9.17, 15) is 4.79 Å². The number of hydrogen-bond acceptors (Lipinski definition) is 6. The van der Waals surface area contributed by atoms with Crippen LogP contribution in [0, 0.1) is 6.92 Å². The van der Waals surface area contributed by atoms with Crippen LogP contribution in [-0.4, -0.2) is 31.0 Å². The van der Waals surface area contributed by atoms with Crippen LogP contribution in [0.3, 0.4) is 0 Å². The first kappa shape index (κ1) is 17.9. The molecule has 8 heteroatoms. The third kappa shape index (κ3) is 3.77. The molecule has 1 atom stereocenters. The van der Waals surface area contributed by atoms with E-state index in [4.69, 9.17) is 9.52 Å². The Morgan fingerprint density at radius 2 is 2.21 bits per heavy atom. The summed E-state index contributed by atoms with van der Waals surface area (Å²) in [5.41, 5.74) is 3.10. The van der Waals surface area contributed by atoms with Crippen LogP contribution in [0.4, 0.5) is 0 Å². The Labute approximate surface area is 160 Å². The average molecular weight is 377 g/mol. The average Bonchev–Trinajstić information content (AvgIpc) is 3.32. The molecule has 0 radical (unpaired) electrons. The van der Waals surface area contributed by atoms with Crippen LogP contribution in [-0.2, 0) is 17.9 Å². The Hall–Kier alpha value is -3.52. The molecule has 8 nitrogen and oxygen atoms in total. The van der Waals surface area contributed by atoms with Gasteiger partial charge in [0.1, 0.15) is 29.6 Å². The van der Waals surface area contributed by atoms with Crippen molar-refractivity contribution in [2.45, 2.75) is 26.1 Å². The third-order valence-corrected chi connectivity index (χ3v) is 4.35. The number of nitrogens with one attached hydrogen (secondary N) is 1. The number of aliphatic hydroxyl groups is 1. The Balaban J connectivity index is 1.62. The number of amides is 1. The summed E-state index contributed by atoms with van der Waals surface area (Å²) in [5.74, 6) is 0.358. The van der Waals surface area contributed by atoms with Gasteiger partial charge >= 0.3 is 0 Å². The number of furan rings is 1. The fourth-order valence-corrected chi connectivity index (χ4v) is 3.03. The van der Waals surface area contributed by atoms with Crippen molar-refractivity contribution in [3.63, 3.8) is 0 Å². The molecule has 1 unspecified atom stereocenters. The first-order valence-corrected chi connectivity index (χ1v) is 8.81. The Morgan fingerprint density at radius 1 is 1.32 bits per heavy atom. The molecule has 2 N–H and O–H groups in total. The molecule has 3 aromatic heterocycles. The highest BCUT2D eigenvalue weighted by Crippen LogP contribution is 2.28. The van der Waals surface area contributed by atoms with E-state index in [2.05, 4.69) is 20.6 Å². The molecule has 0 fully saturated rings. The number of pyridine rings is 1. The van der Waals surface area contributed by atoms with Gasteiger partial charge in [-0.2, -0.15) is 0 Å². The molecule has 4 aromatic rings. The second kappa shape index (κ2) is 7.61. The minimum absolute atomic E-state index is 0.0247. The minimum atomic E-state index is -0.491. The quantitative estimate of drug-likeness (QED) is 0.533. The summed E-state index contributed by atoms with van der Waals surface area (Å²) in [6.07, 6.45) is 4.90. The highest BCUT2D eigenvalue weighted by atomic mass is 16.3. The van der Waals surface area contributed by atoms with Crippen molar-refractivity contribution in [1.29, 1.82) is 0 Å². The van der Waals surface area contributed by atoms with Gasteiger partial charge in [-0.3, -0.25) is 9.78 Å². The lowest BCUT2D eigenvalue weighted by molar-refractivity contribution is -0.122. The van der Waals surface area contributed by atoms with E-state index in [0.717, 1.165) is 22.1 Å². The van der Waals surface area contributed by atoms with Gasteiger partial charge in [-0.15, -0.1) is 5.10 Å². The molecule has 0 aliphatic carbocycles. The van der Waals surface area contributed by atoms with Crippen molar-refractivity contribution in [1.82, 2.24) is 25.3 Å². The van der Waals surface area contributed by atoms with Crippen LogP contribution in [0.2, 0.25) is 0 Å². The van der Waals surface area contributed by atoms with Gasteiger partial charge in [-0.1, -0.05) is 22.9 Å². The number of aryl methyl sites for hydroxylation is 1. The number of aromatic nitrogens is 4. The van der Waals surface area contributed by atoms with Gasteiger partial charge < -0.3 is 14.8 Å². The van der Waals surface area contributed by atoms with Gasteiger partial charge in [-0.25, -0.2) is 4.68 Å². The van der Waals surface area contributed by atoms with E-state index in [-0.39, 0.29) is 19.1 Å². The van der Waals surface area contributed by atoms with Crippen molar-refractivity contribution < 1.29 is 14.3 Å². The Bertz CT molecular complexity index is 1100. The van der Waals surface area contributed by atoms with E-state index in [0.29, 0.717) is 11.5 Å². The van der Waals surface area contributed by atoms with Gasteiger partial charge in [0.2, 0.25) is 5.91 Å². The summed E-state index contributed by atoms with van der Waals surface area (Å²) < 4.78 is 7.38. The van der Waals surface area contributed by atoms with Gasteiger partial charge in [0.15, 0.2) is 0 Å². The molecule has 142 valence electrons. The van der Waals surface area contributed by atoms with Crippen LogP contribution in [0.25, 0.3) is 11.0 Å². The molecule has 0 aliphatic rings. The van der Waals surface area contributed by atoms with E-state index in [1.807, 2.05) is 43.3 Å². The maximum absolute atomic E-state index is 12.6. The van der Waals surface area contributed by atoms with Gasteiger partial charge in [0, 0.05) is 23.3 Å². The van der Waals surface area contributed by atoms with E-state index in [1.54, 1.807) is 12.4 Å². The monoisotopic (exact) mass is 377 g/mol. The van der Waals surface area contributed by atoms with Crippen LogP contribution >= 0.6 is 0 Å². The second-order valence-corrected chi connectivity index (χ2v) is 6.54. The Morgan fingerprint density at radius 3 is 2.96 bits per heavy atom. The number of carbonyl (C=O) groups excluding carboxylic acids is 1. The Kier molecular flexibility index (Phi) is 4.86. The number of carbonyl (C=O) groups is 1. The normalized spacial score (nSPS) is 12.2. The second-order valence-electron chi connectivity index (χ2n) is 6.54. The number of benzene rings is 1. The van der Waals surface area contributed by atoms with Crippen molar-refractivity contribution in [2.24, 2.45) is 0 Å². The predicted octanol–water partition coefficient (Wildman–Crippen LogP) is 2.13. The molecule has 1 amide bonds. The van der Waals surface area contributed by atoms with Crippen LogP contribution in [0.1, 0.15) is 28.6 Å². The van der Waals surface area contributed by atoms with Crippen molar-refractivity contribution in [3.05, 3.63) is 77.6 Å². The van der Waals surface area contributed by atoms with Gasteiger partial charge in [0.05, 0.1) is 12.8 Å². The van der Waals surface area contributed by atoms with Crippen molar-refractivity contribution >= 4 is 16.9 Å². The maximum Gasteiger partial charge on any atom is 0.242 e. The summed E-state index contributed by atoms with van der Waals surface area (Å²) in [6, 6.07) is 11.1. The van der Waals surface area contributed by atoms with Gasteiger partial charge in [0.25, 0.3) is 0 Å². The van der Waals surface area contributed by atoms with Crippen LogP contribution in [0.15, 0.2) is 59.4 Å². The fourth-order valence-electron chi connectivity index (χ4n) is 3.03. The largest absolute Gasteiger partial charge is 0.459 e. The molecule has 1 aromatic carbocycles. The van der Waals surface area contributed by atoms with Gasteiger partial charge in [-0.05, 0) is 31.2 Å². The third-order valence-electron chi connectivity index (χ3n) is 4.35. The minimum Gasteiger partial charge on any atom is -0.459 e. The number of fused-ring (bicyclic) bond motifs is 1. The van der Waals surface area contributed by atoms with Crippen LogP contribution in [0.5, 0.6) is 0 Å². The maximum atomic E-state index is 12.6. The van der Waals surface area contributed by atoms with Crippen LogP contribution < -0.4 is 5.32 Å². The topological polar surface area (TPSA) is 106 Å². The highest BCUT2D eigenvalue weighted by Gasteiger charge is 2.21. The van der Waals surface area contributed by atoms with E-state index < -0.39 is 6.04 Å². The summed E-state index contributed by atoms with van der Waals surface area (Å²) in [4.78, 5) is 16.8. The number of aliphatic hydroxyl groups excluding tert-OH is 1. The number of hydrogen-bond donors (Lipinski definition) is 2. The molecular formula is C20H19N5O3. The predicted molar refractivity (Wildman–Crippen MR) is 101 cm³/mol. The summed E-state index contributed by atoms with van der Waals surface area (Å²) in [7, 11) is 0. The lowest BCUT2D eigenvalue weighted by Crippen LogP contribution is -2.32. The first-order valence-electron chi connectivity index (χ1n) is 8.81. The zero-order valence-corrected chi connectivity index (χ0v) is 15.2. The van der Waals surface area contributed by atoms with Crippen molar-refractivity contribution in [3.8, 4) is 0 Å². The zero-order chi connectivity index (χ0) is 19.5. The molecule has 0 saturated heterocycles. The molecule has 3 heterocycles. The standard InChI is InChI=1S/C20H19N5O3/c1-13-4-5-17-15(7-13)8-18(28-17)20(14-3-2-6-21-9-14)22-19(27)11-25-10-16(12-26)23-24-25/h2-10,20,26H,11-12H2,1H3,(H,22,27). The molecule has 0 spiro atoms. The number of rotatable bonds is 6. The number of nitrogens with zero attached hydrogens (tertiary/aromatic N) is 4. The summed E-state index contributed by atoms with van der Waals surface area (Å²) in [5, 5.41) is 20.6. The first-order chi connectivity index (χ1) is 13.6. The highest BCUT2D eigenvalue weighted by molar-refractivity contribution is 5.80. The molecule has 0 saturated carbocycles. The molecule has 0 bridgehead atoms. The molecule has 0 aliphatic heterocycles. The molecule has 28 heavy (non-hydrogen) atoms. The smallest absolute Gasteiger partial charge is 0.242 e. The molecule has 4 rings (SSSR count). The lowest BCUT2D eigenvalue weighted by atomic mass is 10.1. The SMILES string of the molecule is Cc1ccc2oc(C(NC(=O)Cn3cc(CO)nn3)c3cccnc3)cc2c1.